The number of hydrogen-bond acceptors (Lipinski definition) is 4. The van der Waals surface area contributed by atoms with E-state index in [1.165, 1.54) is 12.3 Å². The summed E-state index contributed by atoms with van der Waals surface area (Å²) in [5.74, 6) is -0.328. The Kier molecular flexibility index (Phi) is 3.02. The lowest BCUT2D eigenvalue weighted by Gasteiger charge is -1.94. The van der Waals surface area contributed by atoms with E-state index < -0.39 is 0 Å². The summed E-state index contributed by atoms with van der Waals surface area (Å²) in [4.78, 5) is 8.19. The second-order valence-corrected chi connectivity index (χ2v) is 5.06. The fourth-order valence-corrected chi connectivity index (χ4v) is 2.92. The van der Waals surface area contributed by atoms with Crippen LogP contribution in [0.4, 0.5) is 4.39 Å². The molecular formula is C10H9FN2S2. The summed E-state index contributed by atoms with van der Waals surface area (Å²) in [6.07, 6.45) is 4.83. The monoisotopic (exact) mass is 240 g/mol. The number of halogens is 1. The summed E-state index contributed by atoms with van der Waals surface area (Å²) in [6.45, 7) is 1.96. The maximum absolute atomic E-state index is 13.0. The molecule has 0 bridgehead atoms. The highest BCUT2D eigenvalue weighted by Crippen LogP contribution is 2.33. The number of rotatable bonds is 2. The van der Waals surface area contributed by atoms with Crippen LogP contribution in [0.3, 0.4) is 0 Å². The molecule has 2 aromatic heterocycles. The summed E-state index contributed by atoms with van der Waals surface area (Å²) in [7, 11) is 0. The molecule has 2 heterocycles. The number of hydrogen-bond donors (Lipinski definition) is 0. The van der Waals surface area contributed by atoms with Gasteiger partial charge in [-0.1, -0.05) is 0 Å². The third kappa shape index (κ3) is 2.18. The zero-order chi connectivity index (χ0) is 10.8. The van der Waals surface area contributed by atoms with Crippen molar-refractivity contribution in [1.29, 1.82) is 0 Å². The number of pyridine rings is 1. The smallest absolute Gasteiger partial charge is 0.142 e. The zero-order valence-electron chi connectivity index (χ0n) is 8.32. The van der Waals surface area contributed by atoms with E-state index in [-0.39, 0.29) is 5.82 Å². The SMILES string of the molecule is CSc1sc(-c2cncc(F)c2)nc1C. The van der Waals surface area contributed by atoms with Gasteiger partial charge >= 0.3 is 0 Å². The van der Waals surface area contributed by atoms with Crippen molar-refractivity contribution in [2.24, 2.45) is 0 Å². The van der Waals surface area contributed by atoms with Crippen LogP contribution in [0.15, 0.2) is 22.7 Å². The Morgan fingerprint density at radius 1 is 1.40 bits per heavy atom. The Balaban J connectivity index is 2.45. The van der Waals surface area contributed by atoms with Gasteiger partial charge in [0.25, 0.3) is 0 Å². The van der Waals surface area contributed by atoms with Crippen LogP contribution >= 0.6 is 23.1 Å². The predicted octanol–water partition coefficient (Wildman–Crippen LogP) is 3.37. The van der Waals surface area contributed by atoms with Crippen molar-refractivity contribution < 1.29 is 4.39 Å². The maximum atomic E-state index is 13.0. The fourth-order valence-electron chi connectivity index (χ4n) is 1.22. The molecular weight excluding hydrogens is 231 g/mol. The van der Waals surface area contributed by atoms with Crippen molar-refractivity contribution in [3.8, 4) is 10.6 Å². The molecule has 2 aromatic rings. The van der Waals surface area contributed by atoms with E-state index in [1.54, 1.807) is 29.3 Å². The molecule has 0 aromatic carbocycles. The lowest BCUT2D eigenvalue weighted by atomic mass is 10.3. The van der Waals surface area contributed by atoms with Crippen LogP contribution in [-0.2, 0) is 0 Å². The Labute approximate surface area is 95.6 Å². The van der Waals surface area contributed by atoms with Gasteiger partial charge in [0.2, 0.25) is 0 Å². The number of aromatic nitrogens is 2. The zero-order valence-corrected chi connectivity index (χ0v) is 9.95. The van der Waals surface area contributed by atoms with Crippen molar-refractivity contribution in [2.75, 3.05) is 6.26 Å². The topological polar surface area (TPSA) is 25.8 Å². The van der Waals surface area contributed by atoms with Gasteiger partial charge < -0.3 is 0 Å². The van der Waals surface area contributed by atoms with E-state index in [0.29, 0.717) is 0 Å². The normalized spacial score (nSPS) is 10.6. The molecule has 2 nitrogen and oxygen atoms in total. The van der Waals surface area contributed by atoms with Gasteiger partial charge in [-0.2, -0.15) is 0 Å². The van der Waals surface area contributed by atoms with Gasteiger partial charge in [-0.15, -0.1) is 23.1 Å². The molecule has 0 fully saturated rings. The third-order valence-electron chi connectivity index (χ3n) is 1.89. The second kappa shape index (κ2) is 4.28. The van der Waals surface area contributed by atoms with E-state index in [2.05, 4.69) is 9.97 Å². The van der Waals surface area contributed by atoms with Gasteiger partial charge in [0.05, 0.1) is 16.1 Å². The maximum Gasteiger partial charge on any atom is 0.142 e. The van der Waals surface area contributed by atoms with Crippen molar-refractivity contribution in [1.82, 2.24) is 9.97 Å². The van der Waals surface area contributed by atoms with E-state index in [9.17, 15) is 4.39 Å². The second-order valence-electron chi connectivity index (χ2n) is 2.99. The van der Waals surface area contributed by atoms with E-state index in [4.69, 9.17) is 0 Å². The molecule has 0 aliphatic rings. The van der Waals surface area contributed by atoms with Gasteiger partial charge in [-0.05, 0) is 19.2 Å². The van der Waals surface area contributed by atoms with E-state index in [0.717, 1.165) is 20.5 Å². The summed E-state index contributed by atoms with van der Waals surface area (Å²) in [6, 6.07) is 1.45. The minimum atomic E-state index is -0.328. The first-order valence-corrected chi connectivity index (χ1v) is 6.37. The Hall–Kier alpha value is -0.940. The number of thioether (sulfide) groups is 1. The molecule has 5 heteroatoms. The van der Waals surface area contributed by atoms with Gasteiger partial charge in [0.15, 0.2) is 0 Å². The number of thiazole rings is 1. The van der Waals surface area contributed by atoms with Crippen molar-refractivity contribution in [3.05, 3.63) is 30.0 Å². The largest absolute Gasteiger partial charge is 0.261 e. The molecule has 0 atom stereocenters. The average Bonchev–Trinajstić information content (AvgIpc) is 2.60. The summed E-state index contributed by atoms with van der Waals surface area (Å²) < 4.78 is 14.1. The molecule has 2 rings (SSSR count). The highest BCUT2D eigenvalue weighted by atomic mass is 32.2. The van der Waals surface area contributed by atoms with Crippen molar-refractivity contribution in [3.63, 3.8) is 0 Å². The summed E-state index contributed by atoms with van der Waals surface area (Å²) >= 11 is 3.22. The molecule has 78 valence electrons. The van der Waals surface area contributed by atoms with Crippen LogP contribution in [0.2, 0.25) is 0 Å². The minimum Gasteiger partial charge on any atom is -0.261 e. The summed E-state index contributed by atoms with van der Waals surface area (Å²) in [5.41, 5.74) is 1.73. The van der Waals surface area contributed by atoms with Crippen molar-refractivity contribution in [2.45, 2.75) is 11.1 Å². The predicted molar refractivity (Wildman–Crippen MR) is 61.8 cm³/mol. The lowest BCUT2D eigenvalue weighted by Crippen LogP contribution is -1.82. The molecule has 0 radical (unpaired) electrons. The molecule has 0 spiro atoms. The molecule has 0 unspecified atom stereocenters. The Bertz CT molecular complexity index is 482. The highest BCUT2D eigenvalue weighted by Gasteiger charge is 2.09. The van der Waals surface area contributed by atoms with E-state index in [1.807, 2.05) is 13.2 Å². The van der Waals surface area contributed by atoms with Crippen molar-refractivity contribution >= 4 is 23.1 Å². The molecule has 0 saturated heterocycles. The van der Waals surface area contributed by atoms with Crippen LogP contribution < -0.4 is 0 Å². The quantitative estimate of drug-likeness (QED) is 0.753. The first-order chi connectivity index (χ1) is 7.20. The summed E-state index contributed by atoms with van der Waals surface area (Å²) in [5, 5.41) is 0.823. The Morgan fingerprint density at radius 2 is 2.20 bits per heavy atom. The lowest BCUT2D eigenvalue weighted by molar-refractivity contribution is 0.622. The van der Waals surface area contributed by atoms with Crippen LogP contribution in [0, 0.1) is 12.7 Å². The molecule has 0 N–H and O–H groups in total. The first-order valence-electron chi connectivity index (χ1n) is 4.33. The Morgan fingerprint density at radius 3 is 2.80 bits per heavy atom. The minimum absolute atomic E-state index is 0.328. The fraction of sp³-hybridized carbons (Fsp3) is 0.200. The van der Waals surface area contributed by atoms with Gasteiger partial charge in [-0.25, -0.2) is 9.37 Å². The van der Waals surface area contributed by atoms with Crippen LogP contribution in [-0.4, -0.2) is 16.2 Å². The molecule has 15 heavy (non-hydrogen) atoms. The standard InChI is InChI=1S/C10H9FN2S2/c1-6-10(14-2)15-9(13-6)7-3-8(11)5-12-4-7/h3-5H,1-2H3. The van der Waals surface area contributed by atoms with Crippen LogP contribution in [0.25, 0.3) is 10.6 Å². The molecule has 0 saturated carbocycles. The first kappa shape index (κ1) is 10.6. The van der Waals surface area contributed by atoms with E-state index >= 15 is 0 Å². The van der Waals surface area contributed by atoms with Crippen LogP contribution in [0.5, 0.6) is 0 Å². The van der Waals surface area contributed by atoms with Gasteiger partial charge in [-0.3, -0.25) is 4.98 Å². The average molecular weight is 240 g/mol. The highest BCUT2D eigenvalue weighted by molar-refractivity contribution is 8.00. The molecule has 0 aliphatic heterocycles. The van der Waals surface area contributed by atoms with Crippen LogP contribution in [0.1, 0.15) is 5.69 Å². The number of nitrogens with zero attached hydrogens (tertiary/aromatic N) is 2. The molecule has 0 amide bonds. The van der Waals surface area contributed by atoms with Gasteiger partial charge in [0, 0.05) is 11.8 Å². The van der Waals surface area contributed by atoms with Gasteiger partial charge in [0.1, 0.15) is 10.8 Å². The molecule has 0 aliphatic carbocycles. The third-order valence-corrected chi connectivity index (χ3v) is 4.31. The number of aryl methyl sites for hydroxylation is 1.